The van der Waals surface area contributed by atoms with E-state index in [4.69, 9.17) is 11.6 Å². The maximum atomic E-state index is 12.6. The Bertz CT molecular complexity index is 988. The van der Waals surface area contributed by atoms with Crippen molar-refractivity contribution in [2.75, 3.05) is 18.4 Å². The van der Waals surface area contributed by atoms with E-state index in [-0.39, 0.29) is 17.7 Å². The van der Waals surface area contributed by atoms with Crippen LogP contribution in [-0.4, -0.2) is 40.0 Å². The lowest BCUT2D eigenvalue weighted by Crippen LogP contribution is -2.39. The summed E-state index contributed by atoms with van der Waals surface area (Å²) in [4.78, 5) is 28.0. The lowest BCUT2D eigenvalue weighted by Gasteiger charge is -2.31. The van der Waals surface area contributed by atoms with Crippen LogP contribution < -0.4 is 5.32 Å². The van der Waals surface area contributed by atoms with Crippen LogP contribution in [0.25, 0.3) is 0 Å². The highest BCUT2D eigenvalue weighted by molar-refractivity contribution is 7.13. The number of hydrogen-bond acceptors (Lipinski definition) is 6. The van der Waals surface area contributed by atoms with Crippen LogP contribution >= 0.6 is 34.3 Å². The predicted octanol–water partition coefficient (Wildman–Crippen LogP) is 4.45. The highest BCUT2D eigenvalue weighted by atomic mass is 35.5. The normalized spacial score (nSPS) is 16.6. The summed E-state index contributed by atoms with van der Waals surface area (Å²) in [5, 5.41) is 14.8. The monoisotopic (exact) mass is 446 g/mol. The zero-order valence-electron chi connectivity index (χ0n) is 15.5. The molecule has 0 bridgehead atoms. The number of benzene rings is 1. The second kappa shape index (κ2) is 9.02. The van der Waals surface area contributed by atoms with Gasteiger partial charge in [0.15, 0.2) is 0 Å². The first-order chi connectivity index (χ1) is 14.1. The predicted molar refractivity (Wildman–Crippen MR) is 116 cm³/mol. The van der Waals surface area contributed by atoms with Crippen LogP contribution in [0.5, 0.6) is 0 Å². The lowest BCUT2D eigenvalue weighted by molar-refractivity contribution is -0.131. The average molecular weight is 447 g/mol. The number of carbonyl (C=O) groups is 2. The molecule has 2 aromatic heterocycles. The second-order valence-electron chi connectivity index (χ2n) is 6.84. The van der Waals surface area contributed by atoms with Gasteiger partial charge in [-0.15, -0.1) is 21.5 Å². The molecule has 6 nitrogen and oxygen atoms in total. The Hall–Kier alpha value is -2.29. The molecule has 1 N–H and O–H groups in total. The minimum absolute atomic E-state index is 0.116. The van der Waals surface area contributed by atoms with Gasteiger partial charge in [0.25, 0.3) is 5.91 Å². The van der Waals surface area contributed by atoms with Crippen LogP contribution in [0, 0.1) is 0 Å². The molecule has 0 aliphatic carbocycles. The minimum atomic E-state index is -0.294. The number of piperidine rings is 1. The summed E-state index contributed by atoms with van der Waals surface area (Å²) in [5.74, 6) is -0.0366. The quantitative estimate of drug-likeness (QED) is 0.628. The minimum Gasteiger partial charge on any atom is -0.342 e. The first-order valence-corrected chi connectivity index (χ1v) is 11.4. The maximum Gasteiger partial charge on any atom is 0.286 e. The van der Waals surface area contributed by atoms with E-state index in [1.807, 2.05) is 22.4 Å². The molecule has 150 valence electrons. The van der Waals surface area contributed by atoms with Crippen molar-refractivity contribution in [1.82, 2.24) is 15.1 Å². The first kappa shape index (κ1) is 20.0. The number of carbonyl (C=O) groups excluding carboxylic acids is 2. The average Bonchev–Trinajstić information content (AvgIpc) is 3.42. The van der Waals surface area contributed by atoms with Crippen molar-refractivity contribution in [2.24, 2.45) is 0 Å². The second-order valence-corrected chi connectivity index (χ2v) is 9.32. The van der Waals surface area contributed by atoms with Gasteiger partial charge in [0.1, 0.15) is 5.01 Å². The fourth-order valence-corrected chi connectivity index (χ4v) is 4.97. The molecule has 9 heteroatoms. The van der Waals surface area contributed by atoms with E-state index in [9.17, 15) is 9.59 Å². The van der Waals surface area contributed by atoms with Gasteiger partial charge in [-0.25, -0.2) is 0 Å². The van der Waals surface area contributed by atoms with E-state index in [2.05, 4.69) is 15.5 Å². The summed E-state index contributed by atoms with van der Waals surface area (Å²) in [5.41, 5.74) is 0.652. The molecule has 2 amide bonds. The van der Waals surface area contributed by atoms with Crippen LogP contribution in [0.1, 0.15) is 38.4 Å². The number of likely N-dealkylation sites (tertiary alicyclic amines) is 1. The number of aromatic nitrogens is 2. The maximum absolute atomic E-state index is 12.6. The Morgan fingerprint density at radius 2 is 2.03 bits per heavy atom. The summed E-state index contributed by atoms with van der Waals surface area (Å²) in [6.45, 7) is 1.39. The molecular weight excluding hydrogens is 428 g/mol. The third-order valence-corrected chi connectivity index (χ3v) is 6.98. The summed E-state index contributed by atoms with van der Waals surface area (Å²) in [7, 11) is 0. The number of thiophene rings is 1. The van der Waals surface area contributed by atoms with Crippen molar-refractivity contribution >= 4 is 51.8 Å². The molecule has 0 saturated carbocycles. The Kier molecular flexibility index (Phi) is 6.22. The smallest absolute Gasteiger partial charge is 0.286 e. The lowest BCUT2D eigenvalue weighted by atomic mass is 9.98. The zero-order valence-corrected chi connectivity index (χ0v) is 17.9. The van der Waals surface area contributed by atoms with Gasteiger partial charge in [-0.3, -0.25) is 9.59 Å². The molecule has 29 heavy (non-hydrogen) atoms. The summed E-state index contributed by atoms with van der Waals surface area (Å²) in [6.07, 6.45) is 2.30. The highest BCUT2D eigenvalue weighted by Gasteiger charge is 2.28. The Morgan fingerprint density at radius 3 is 2.79 bits per heavy atom. The van der Waals surface area contributed by atoms with Crippen molar-refractivity contribution in [2.45, 2.75) is 25.2 Å². The molecule has 4 rings (SSSR count). The summed E-state index contributed by atoms with van der Waals surface area (Å²) >= 11 is 8.76. The highest BCUT2D eigenvalue weighted by Crippen LogP contribution is 2.30. The molecule has 3 aromatic rings. The molecule has 0 unspecified atom stereocenters. The Balaban J connectivity index is 1.38. The molecule has 1 atom stereocenters. The van der Waals surface area contributed by atoms with Crippen molar-refractivity contribution in [3.8, 4) is 0 Å². The van der Waals surface area contributed by atoms with Gasteiger partial charge in [0, 0.05) is 34.6 Å². The molecule has 3 heterocycles. The van der Waals surface area contributed by atoms with Gasteiger partial charge >= 0.3 is 0 Å². The Labute approximate surface area is 181 Å². The molecule has 1 fully saturated rings. The molecule has 1 saturated heterocycles. The SMILES string of the molecule is O=C(Nc1ccc(Cl)cc1)c1nnc([C@@H]2CCCN(C(=O)Cc3cccs3)C2)s1. The van der Waals surface area contributed by atoms with Crippen LogP contribution in [0.2, 0.25) is 5.02 Å². The fraction of sp³-hybridized carbons (Fsp3) is 0.300. The number of rotatable bonds is 5. The largest absolute Gasteiger partial charge is 0.342 e. The molecule has 1 aliphatic rings. The topological polar surface area (TPSA) is 75.2 Å². The van der Waals surface area contributed by atoms with Crippen molar-refractivity contribution in [3.05, 3.63) is 61.7 Å². The number of nitrogens with one attached hydrogen (secondary N) is 1. The standard InChI is InChI=1S/C20H19ClN4O2S2/c21-14-5-7-15(8-6-14)22-18(27)20-24-23-19(29-20)13-3-1-9-25(12-13)17(26)11-16-4-2-10-28-16/h2,4-8,10,13H,1,3,9,11-12H2,(H,22,27)/t13-/m1/s1. The number of halogens is 1. The molecule has 1 aromatic carbocycles. The van der Waals surface area contributed by atoms with E-state index in [0.29, 0.717) is 28.7 Å². The van der Waals surface area contributed by atoms with Gasteiger partial charge in [-0.2, -0.15) is 0 Å². The third kappa shape index (κ3) is 5.01. The van der Waals surface area contributed by atoms with Gasteiger partial charge in [0.2, 0.25) is 10.9 Å². The Morgan fingerprint density at radius 1 is 1.21 bits per heavy atom. The van der Waals surface area contributed by atoms with Crippen molar-refractivity contribution < 1.29 is 9.59 Å². The van der Waals surface area contributed by atoms with Crippen LogP contribution in [0.3, 0.4) is 0 Å². The van der Waals surface area contributed by atoms with E-state index >= 15 is 0 Å². The fourth-order valence-electron chi connectivity index (χ4n) is 3.29. The van der Waals surface area contributed by atoms with Crippen molar-refractivity contribution in [1.29, 1.82) is 0 Å². The van der Waals surface area contributed by atoms with Crippen LogP contribution in [0.4, 0.5) is 5.69 Å². The number of nitrogens with zero attached hydrogens (tertiary/aromatic N) is 3. The van der Waals surface area contributed by atoms with Crippen LogP contribution in [-0.2, 0) is 11.2 Å². The van der Waals surface area contributed by atoms with Gasteiger partial charge in [0.05, 0.1) is 6.42 Å². The van der Waals surface area contributed by atoms with E-state index in [1.54, 1.807) is 35.6 Å². The van der Waals surface area contributed by atoms with E-state index in [1.165, 1.54) is 11.3 Å². The number of hydrogen-bond donors (Lipinski definition) is 1. The molecular formula is C20H19ClN4O2S2. The summed E-state index contributed by atoms with van der Waals surface area (Å²) < 4.78 is 0. The van der Waals surface area contributed by atoms with Gasteiger partial charge < -0.3 is 10.2 Å². The third-order valence-electron chi connectivity index (χ3n) is 4.77. The van der Waals surface area contributed by atoms with E-state index < -0.39 is 0 Å². The summed E-state index contributed by atoms with van der Waals surface area (Å²) in [6, 6.07) is 10.9. The molecule has 0 radical (unpaired) electrons. The van der Waals surface area contributed by atoms with Gasteiger partial charge in [-0.05, 0) is 48.6 Å². The number of amides is 2. The number of anilines is 1. The van der Waals surface area contributed by atoms with Gasteiger partial charge in [-0.1, -0.05) is 29.0 Å². The first-order valence-electron chi connectivity index (χ1n) is 9.29. The molecule has 0 spiro atoms. The van der Waals surface area contributed by atoms with Crippen molar-refractivity contribution in [3.63, 3.8) is 0 Å². The van der Waals surface area contributed by atoms with Crippen LogP contribution in [0.15, 0.2) is 41.8 Å². The molecule has 1 aliphatic heterocycles. The van der Waals surface area contributed by atoms with E-state index in [0.717, 1.165) is 29.3 Å². The zero-order chi connectivity index (χ0) is 20.2.